The van der Waals surface area contributed by atoms with Crippen molar-refractivity contribution in [2.45, 2.75) is 12.7 Å². The average molecular weight is 198 g/mol. The Morgan fingerprint density at radius 1 is 1.69 bits per heavy atom. The SMILES string of the molecule is CSCc1ncc(C)c(C(=O)O)n1. The molecular formula is C8H10N2O2S. The molecule has 0 spiro atoms. The molecule has 0 saturated heterocycles. The average Bonchev–Trinajstić information content (AvgIpc) is 2.08. The van der Waals surface area contributed by atoms with E-state index in [1.54, 1.807) is 24.9 Å². The Labute approximate surface area is 80.4 Å². The topological polar surface area (TPSA) is 63.1 Å². The molecule has 0 aromatic carbocycles. The summed E-state index contributed by atoms with van der Waals surface area (Å²) in [5, 5.41) is 8.76. The lowest BCUT2D eigenvalue weighted by Gasteiger charge is -2.01. The molecule has 0 amide bonds. The van der Waals surface area contributed by atoms with Gasteiger partial charge in [-0.25, -0.2) is 14.8 Å². The van der Waals surface area contributed by atoms with Gasteiger partial charge < -0.3 is 5.11 Å². The molecule has 0 fully saturated rings. The van der Waals surface area contributed by atoms with E-state index in [0.717, 1.165) is 0 Å². The summed E-state index contributed by atoms with van der Waals surface area (Å²) in [6, 6.07) is 0. The second-order valence-electron chi connectivity index (χ2n) is 2.56. The van der Waals surface area contributed by atoms with Gasteiger partial charge in [0.25, 0.3) is 0 Å². The maximum Gasteiger partial charge on any atom is 0.354 e. The first-order chi connectivity index (χ1) is 6.15. The van der Waals surface area contributed by atoms with Crippen molar-refractivity contribution in [2.24, 2.45) is 0 Å². The standard InChI is InChI=1S/C8H10N2O2S/c1-5-3-9-6(4-13-2)10-7(5)8(11)12/h3H,4H2,1-2H3,(H,11,12). The molecule has 0 saturated carbocycles. The number of aromatic carboxylic acids is 1. The van der Waals surface area contributed by atoms with Gasteiger partial charge in [0.1, 0.15) is 5.82 Å². The summed E-state index contributed by atoms with van der Waals surface area (Å²) in [6.07, 6.45) is 3.46. The van der Waals surface area contributed by atoms with E-state index in [0.29, 0.717) is 17.1 Å². The lowest BCUT2D eigenvalue weighted by atomic mass is 10.2. The summed E-state index contributed by atoms with van der Waals surface area (Å²) in [4.78, 5) is 18.6. The van der Waals surface area contributed by atoms with Gasteiger partial charge in [-0.3, -0.25) is 0 Å². The Bertz CT molecular complexity index is 328. The number of nitrogens with zero attached hydrogens (tertiary/aromatic N) is 2. The van der Waals surface area contributed by atoms with Crippen LogP contribution in [0.15, 0.2) is 6.20 Å². The zero-order valence-electron chi connectivity index (χ0n) is 7.44. The van der Waals surface area contributed by atoms with Crippen molar-refractivity contribution in [1.29, 1.82) is 0 Å². The predicted octanol–water partition coefficient (Wildman–Crippen LogP) is 1.35. The lowest BCUT2D eigenvalue weighted by molar-refractivity contribution is 0.0689. The Morgan fingerprint density at radius 2 is 2.38 bits per heavy atom. The summed E-state index contributed by atoms with van der Waals surface area (Å²) in [7, 11) is 0. The fourth-order valence-electron chi connectivity index (χ4n) is 0.894. The molecule has 4 nitrogen and oxygen atoms in total. The molecule has 0 bridgehead atoms. The molecule has 0 aliphatic rings. The van der Waals surface area contributed by atoms with Crippen LogP contribution >= 0.6 is 11.8 Å². The number of aromatic nitrogens is 2. The molecule has 1 aromatic rings. The fraction of sp³-hybridized carbons (Fsp3) is 0.375. The molecule has 0 aliphatic carbocycles. The van der Waals surface area contributed by atoms with Crippen LogP contribution in [0, 0.1) is 6.92 Å². The third-order valence-corrected chi connectivity index (χ3v) is 2.04. The van der Waals surface area contributed by atoms with Crippen molar-refractivity contribution < 1.29 is 9.90 Å². The third kappa shape index (κ3) is 2.42. The predicted molar refractivity (Wildman–Crippen MR) is 50.9 cm³/mol. The monoisotopic (exact) mass is 198 g/mol. The zero-order chi connectivity index (χ0) is 9.84. The van der Waals surface area contributed by atoms with Gasteiger partial charge in [-0.2, -0.15) is 11.8 Å². The van der Waals surface area contributed by atoms with Crippen molar-refractivity contribution >= 4 is 17.7 Å². The van der Waals surface area contributed by atoms with Crippen molar-refractivity contribution in [3.8, 4) is 0 Å². The van der Waals surface area contributed by atoms with Crippen LogP contribution in [0.5, 0.6) is 0 Å². The molecule has 70 valence electrons. The van der Waals surface area contributed by atoms with Crippen LogP contribution in [0.1, 0.15) is 21.9 Å². The lowest BCUT2D eigenvalue weighted by Crippen LogP contribution is -2.07. The molecule has 1 aromatic heterocycles. The number of rotatable bonds is 3. The number of carboxylic acid groups (broad SMARTS) is 1. The summed E-state index contributed by atoms with van der Waals surface area (Å²) in [5.41, 5.74) is 0.691. The molecule has 1 heterocycles. The molecular weight excluding hydrogens is 188 g/mol. The van der Waals surface area contributed by atoms with E-state index >= 15 is 0 Å². The summed E-state index contributed by atoms with van der Waals surface area (Å²) >= 11 is 1.56. The van der Waals surface area contributed by atoms with E-state index in [4.69, 9.17) is 5.11 Å². The van der Waals surface area contributed by atoms with E-state index in [-0.39, 0.29) is 5.69 Å². The number of aryl methyl sites for hydroxylation is 1. The zero-order valence-corrected chi connectivity index (χ0v) is 8.26. The molecule has 0 aliphatic heterocycles. The largest absolute Gasteiger partial charge is 0.477 e. The number of hydrogen-bond acceptors (Lipinski definition) is 4. The van der Waals surface area contributed by atoms with Crippen LogP contribution in [0.2, 0.25) is 0 Å². The Kier molecular flexibility index (Phi) is 3.25. The van der Waals surface area contributed by atoms with Crippen molar-refractivity contribution in [2.75, 3.05) is 6.26 Å². The van der Waals surface area contributed by atoms with E-state index < -0.39 is 5.97 Å². The van der Waals surface area contributed by atoms with Crippen molar-refractivity contribution in [1.82, 2.24) is 9.97 Å². The molecule has 13 heavy (non-hydrogen) atoms. The minimum atomic E-state index is -0.998. The van der Waals surface area contributed by atoms with Gasteiger partial charge in [-0.05, 0) is 13.2 Å². The van der Waals surface area contributed by atoms with Gasteiger partial charge in [0.2, 0.25) is 0 Å². The first-order valence-electron chi connectivity index (χ1n) is 3.70. The molecule has 5 heteroatoms. The Morgan fingerprint density at radius 3 is 2.92 bits per heavy atom. The third-order valence-electron chi connectivity index (χ3n) is 1.50. The quantitative estimate of drug-likeness (QED) is 0.794. The second kappa shape index (κ2) is 4.23. The smallest absolute Gasteiger partial charge is 0.354 e. The first-order valence-corrected chi connectivity index (χ1v) is 5.09. The van der Waals surface area contributed by atoms with Gasteiger partial charge in [-0.15, -0.1) is 0 Å². The Hall–Kier alpha value is -1.10. The first kappa shape index (κ1) is 9.98. The highest BCUT2D eigenvalue weighted by atomic mass is 32.2. The molecule has 0 radical (unpaired) electrons. The Balaban J connectivity index is 3.04. The summed E-state index contributed by atoms with van der Waals surface area (Å²) < 4.78 is 0. The van der Waals surface area contributed by atoms with Crippen LogP contribution in [0.25, 0.3) is 0 Å². The van der Waals surface area contributed by atoms with Gasteiger partial charge in [0, 0.05) is 11.8 Å². The minimum absolute atomic E-state index is 0.0963. The van der Waals surface area contributed by atoms with E-state index in [2.05, 4.69) is 9.97 Å². The van der Waals surface area contributed by atoms with Gasteiger partial charge in [-0.1, -0.05) is 0 Å². The number of thioether (sulfide) groups is 1. The van der Waals surface area contributed by atoms with Crippen LogP contribution in [-0.2, 0) is 5.75 Å². The van der Waals surface area contributed by atoms with Crippen LogP contribution in [0.4, 0.5) is 0 Å². The van der Waals surface area contributed by atoms with Gasteiger partial charge >= 0.3 is 5.97 Å². The number of carboxylic acids is 1. The maximum atomic E-state index is 10.7. The van der Waals surface area contributed by atoms with E-state index in [9.17, 15) is 4.79 Å². The van der Waals surface area contributed by atoms with Gasteiger partial charge in [0.05, 0.1) is 5.75 Å². The number of carbonyl (C=O) groups is 1. The van der Waals surface area contributed by atoms with E-state index in [1.165, 1.54) is 0 Å². The highest BCUT2D eigenvalue weighted by Crippen LogP contribution is 2.07. The van der Waals surface area contributed by atoms with Gasteiger partial charge in [0.15, 0.2) is 5.69 Å². The summed E-state index contributed by atoms with van der Waals surface area (Å²) in [5.74, 6) is 0.207. The van der Waals surface area contributed by atoms with Crippen molar-refractivity contribution in [3.05, 3.63) is 23.3 Å². The fourth-order valence-corrected chi connectivity index (χ4v) is 1.29. The minimum Gasteiger partial charge on any atom is -0.477 e. The summed E-state index contributed by atoms with van der Waals surface area (Å²) in [6.45, 7) is 1.69. The highest BCUT2D eigenvalue weighted by Gasteiger charge is 2.10. The molecule has 0 unspecified atom stereocenters. The van der Waals surface area contributed by atoms with Crippen molar-refractivity contribution in [3.63, 3.8) is 0 Å². The van der Waals surface area contributed by atoms with E-state index in [1.807, 2.05) is 6.26 Å². The van der Waals surface area contributed by atoms with Crippen LogP contribution < -0.4 is 0 Å². The molecule has 0 atom stereocenters. The number of hydrogen-bond donors (Lipinski definition) is 1. The van der Waals surface area contributed by atoms with Crippen LogP contribution in [-0.4, -0.2) is 27.3 Å². The second-order valence-corrected chi connectivity index (χ2v) is 3.42. The maximum absolute atomic E-state index is 10.7. The van der Waals surface area contributed by atoms with Crippen LogP contribution in [0.3, 0.4) is 0 Å². The molecule has 1 N–H and O–H groups in total. The molecule has 1 rings (SSSR count). The highest BCUT2D eigenvalue weighted by molar-refractivity contribution is 7.97. The normalized spacial score (nSPS) is 10.0.